The van der Waals surface area contributed by atoms with Crippen LogP contribution in [0.2, 0.25) is 0 Å². The van der Waals surface area contributed by atoms with E-state index in [1.54, 1.807) is 7.11 Å². The summed E-state index contributed by atoms with van der Waals surface area (Å²) in [6.45, 7) is 8.04. The second-order valence-corrected chi connectivity index (χ2v) is 6.26. The van der Waals surface area contributed by atoms with Gasteiger partial charge in [0.25, 0.3) is 0 Å². The molecule has 0 bridgehead atoms. The smallest absolute Gasteiger partial charge is 0.119 e. The molecule has 1 N–H and O–H groups in total. The summed E-state index contributed by atoms with van der Waals surface area (Å²) in [6.07, 6.45) is 2.65. The molecule has 2 atom stereocenters. The van der Waals surface area contributed by atoms with Gasteiger partial charge in [0, 0.05) is 50.5 Å². The summed E-state index contributed by atoms with van der Waals surface area (Å²) < 4.78 is 5.23. The van der Waals surface area contributed by atoms with E-state index in [0.717, 1.165) is 31.4 Å². The van der Waals surface area contributed by atoms with Gasteiger partial charge in [0.2, 0.25) is 0 Å². The van der Waals surface area contributed by atoms with Gasteiger partial charge < -0.3 is 15.0 Å². The molecule has 0 aromatic heterocycles. The highest BCUT2D eigenvalue weighted by Crippen LogP contribution is 2.22. The predicted molar refractivity (Wildman–Crippen MR) is 87.3 cm³/mol. The van der Waals surface area contributed by atoms with Gasteiger partial charge in [-0.3, -0.25) is 4.90 Å². The molecule has 2 saturated heterocycles. The number of ether oxygens (including phenoxy) is 1. The fourth-order valence-corrected chi connectivity index (χ4v) is 3.43. The quantitative estimate of drug-likeness (QED) is 0.920. The van der Waals surface area contributed by atoms with E-state index >= 15 is 0 Å². The molecular formula is C17H27N3O. The highest BCUT2D eigenvalue weighted by Gasteiger charge is 2.26. The van der Waals surface area contributed by atoms with Gasteiger partial charge in [0.15, 0.2) is 0 Å². The van der Waals surface area contributed by atoms with Gasteiger partial charge in [-0.2, -0.15) is 0 Å². The first kappa shape index (κ1) is 14.7. The Morgan fingerprint density at radius 1 is 1.05 bits per heavy atom. The molecule has 1 aromatic rings. The van der Waals surface area contributed by atoms with Crippen molar-refractivity contribution in [3.05, 3.63) is 24.3 Å². The Hall–Kier alpha value is -1.26. The number of hydrogen-bond donors (Lipinski definition) is 1. The number of hydrogen-bond acceptors (Lipinski definition) is 4. The van der Waals surface area contributed by atoms with Crippen LogP contribution in [0.4, 0.5) is 5.69 Å². The summed E-state index contributed by atoms with van der Waals surface area (Å²) in [5, 5.41) is 3.62. The van der Waals surface area contributed by atoms with Crippen LogP contribution in [0.3, 0.4) is 0 Å². The summed E-state index contributed by atoms with van der Waals surface area (Å²) in [6, 6.07) is 9.86. The van der Waals surface area contributed by atoms with Crippen LogP contribution in [0, 0.1) is 0 Å². The maximum atomic E-state index is 5.23. The number of anilines is 1. The van der Waals surface area contributed by atoms with Crippen molar-refractivity contribution >= 4 is 5.69 Å². The van der Waals surface area contributed by atoms with E-state index in [9.17, 15) is 0 Å². The average Bonchev–Trinajstić information content (AvgIpc) is 2.56. The SMILES string of the molecule is COc1ccc(N2CCN(C3CCC(C)NC3)CC2)cc1. The molecule has 2 aliphatic heterocycles. The van der Waals surface area contributed by atoms with E-state index in [1.165, 1.54) is 31.6 Å². The third-order valence-electron chi connectivity index (χ3n) is 4.90. The fourth-order valence-electron chi connectivity index (χ4n) is 3.43. The normalized spacial score (nSPS) is 27.6. The van der Waals surface area contributed by atoms with Gasteiger partial charge in [-0.25, -0.2) is 0 Å². The molecule has 21 heavy (non-hydrogen) atoms. The number of nitrogens with zero attached hydrogens (tertiary/aromatic N) is 2. The van der Waals surface area contributed by atoms with Crippen LogP contribution in [0.15, 0.2) is 24.3 Å². The number of piperazine rings is 1. The summed E-state index contributed by atoms with van der Waals surface area (Å²) in [5.74, 6) is 0.930. The minimum Gasteiger partial charge on any atom is -0.497 e. The highest BCUT2D eigenvalue weighted by molar-refractivity contribution is 5.49. The number of rotatable bonds is 3. The van der Waals surface area contributed by atoms with Crippen molar-refractivity contribution in [3.8, 4) is 5.75 Å². The highest BCUT2D eigenvalue weighted by atomic mass is 16.5. The monoisotopic (exact) mass is 289 g/mol. The largest absolute Gasteiger partial charge is 0.497 e. The third kappa shape index (κ3) is 3.50. The van der Waals surface area contributed by atoms with Crippen molar-refractivity contribution in [2.24, 2.45) is 0 Å². The molecule has 0 aliphatic carbocycles. The van der Waals surface area contributed by atoms with Gasteiger partial charge in [0.05, 0.1) is 7.11 Å². The molecule has 4 heteroatoms. The van der Waals surface area contributed by atoms with Crippen molar-refractivity contribution in [1.82, 2.24) is 10.2 Å². The van der Waals surface area contributed by atoms with Gasteiger partial charge in [-0.15, -0.1) is 0 Å². The van der Waals surface area contributed by atoms with Gasteiger partial charge in [-0.1, -0.05) is 0 Å². The molecule has 0 saturated carbocycles. The van der Waals surface area contributed by atoms with Gasteiger partial charge in [0.1, 0.15) is 5.75 Å². The van der Waals surface area contributed by atoms with E-state index in [-0.39, 0.29) is 0 Å². The van der Waals surface area contributed by atoms with Crippen LogP contribution in [0.5, 0.6) is 5.75 Å². The molecule has 0 amide bonds. The van der Waals surface area contributed by atoms with Gasteiger partial charge in [-0.05, 0) is 44.0 Å². The Morgan fingerprint density at radius 3 is 2.33 bits per heavy atom. The number of nitrogens with one attached hydrogen (secondary N) is 1. The van der Waals surface area contributed by atoms with E-state index < -0.39 is 0 Å². The molecule has 1 aromatic carbocycles. The number of piperidine rings is 1. The Labute approximate surface area is 128 Å². The van der Waals surface area contributed by atoms with E-state index in [1.807, 2.05) is 12.1 Å². The lowest BCUT2D eigenvalue weighted by molar-refractivity contribution is 0.146. The summed E-state index contributed by atoms with van der Waals surface area (Å²) in [7, 11) is 1.72. The van der Waals surface area contributed by atoms with E-state index in [4.69, 9.17) is 4.74 Å². The van der Waals surface area contributed by atoms with E-state index in [0.29, 0.717) is 6.04 Å². The Morgan fingerprint density at radius 2 is 1.76 bits per heavy atom. The Bertz CT molecular complexity index is 432. The first-order valence-electron chi connectivity index (χ1n) is 8.12. The second kappa shape index (κ2) is 6.67. The van der Waals surface area contributed by atoms with Crippen molar-refractivity contribution in [2.45, 2.75) is 31.8 Å². The fraction of sp³-hybridized carbons (Fsp3) is 0.647. The van der Waals surface area contributed by atoms with Crippen molar-refractivity contribution in [1.29, 1.82) is 0 Å². The lowest BCUT2D eigenvalue weighted by Crippen LogP contribution is -2.55. The maximum absolute atomic E-state index is 5.23. The molecule has 2 fully saturated rings. The zero-order valence-corrected chi connectivity index (χ0v) is 13.2. The van der Waals surface area contributed by atoms with Crippen molar-refractivity contribution < 1.29 is 4.74 Å². The standard InChI is InChI=1S/C17H27N3O/c1-14-3-4-16(13-18-14)20-11-9-19(10-12-20)15-5-7-17(21-2)8-6-15/h5-8,14,16,18H,3-4,9-13H2,1-2H3. The van der Waals surface area contributed by atoms with Crippen LogP contribution in [-0.2, 0) is 0 Å². The van der Waals surface area contributed by atoms with Crippen LogP contribution >= 0.6 is 0 Å². The molecule has 116 valence electrons. The molecule has 2 heterocycles. The van der Waals surface area contributed by atoms with E-state index in [2.05, 4.69) is 34.2 Å². The zero-order valence-electron chi connectivity index (χ0n) is 13.2. The molecule has 0 radical (unpaired) electrons. The molecular weight excluding hydrogens is 262 g/mol. The third-order valence-corrected chi connectivity index (χ3v) is 4.90. The first-order chi connectivity index (χ1) is 10.3. The summed E-state index contributed by atoms with van der Waals surface area (Å²) in [4.78, 5) is 5.15. The molecule has 0 spiro atoms. The van der Waals surface area contributed by atoms with Crippen molar-refractivity contribution in [2.75, 3.05) is 44.7 Å². The summed E-state index contributed by atoms with van der Waals surface area (Å²) in [5.41, 5.74) is 1.31. The number of methoxy groups -OCH3 is 1. The lowest BCUT2D eigenvalue weighted by atomic mass is 10.00. The van der Waals surface area contributed by atoms with Crippen LogP contribution in [0.1, 0.15) is 19.8 Å². The molecule has 3 rings (SSSR count). The second-order valence-electron chi connectivity index (χ2n) is 6.26. The molecule has 2 aliphatic rings. The summed E-state index contributed by atoms with van der Waals surface area (Å²) >= 11 is 0. The van der Waals surface area contributed by atoms with Crippen molar-refractivity contribution in [3.63, 3.8) is 0 Å². The van der Waals surface area contributed by atoms with Gasteiger partial charge >= 0.3 is 0 Å². The Balaban J connectivity index is 1.52. The minimum absolute atomic E-state index is 0.696. The molecule has 4 nitrogen and oxygen atoms in total. The van der Waals surface area contributed by atoms with Crippen LogP contribution in [-0.4, -0.2) is 56.8 Å². The number of benzene rings is 1. The predicted octanol–water partition coefficient (Wildman–Crippen LogP) is 1.96. The van der Waals surface area contributed by atoms with Crippen LogP contribution in [0.25, 0.3) is 0 Å². The topological polar surface area (TPSA) is 27.7 Å². The average molecular weight is 289 g/mol. The molecule has 2 unspecified atom stereocenters. The van der Waals surface area contributed by atoms with Crippen LogP contribution < -0.4 is 15.0 Å². The maximum Gasteiger partial charge on any atom is 0.119 e. The first-order valence-corrected chi connectivity index (χ1v) is 8.12. The minimum atomic E-state index is 0.696. The Kier molecular flexibility index (Phi) is 4.66. The lowest BCUT2D eigenvalue weighted by Gasteiger charge is -2.42. The zero-order chi connectivity index (χ0) is 14.7.